The third-order valence-electron chi connectivity index (χ3n) is 4.81. The minimum Gasteiger partial charge on any atom is -0.491 e. The van der Waals surface area contributed by atoms with Crippen LogP contribution in [-0.2, 0) is 9.53 Å². The Labute approximate surface area is 164 Å². The predicted octanol–water partition coefficient (Wildman–Crippen LogP) is 4.45. The summed E-state index contributed by atoms with van der Waals surface area (Å²) in [5.41, 5.74) is 1.66. The Morgan fingerprint density at radius 2 is 1.93 bits per heavy atom. The number of rotatable bonds is 7. The van der Waals surface area contributed by atoms with E-state index in [0.29, 0.717) is 6.61 Å². The molecule has 0 aromatic heterocycles. The normalized spacial score (nSPS) is 16.1. The molecule has 3 aromatic carbocycles. The van der Waals surface area contributed by atoms with E-state index in [1.54, 1.807) is 0 Å². The molecule has 0 spiro atoms. The molecule has 0 radical (unpaired) electrons. The van der Waals surface area contributed by atoms with E-state index >= 15 is 0 Å². The highest BCUT2D eigenvalue weighted by Crippen LogP contribution is 2.23. The number of hydrogen-bond acceptors (Lipinski definition) is 4. The molecule has 1 atom stereocenters. The summed E-state index contributed by atoms with van der Waals surface area (Å²) in [7, 11) is 0. The maximum absolute atomic E-state index is 12.4. The highest BCUT2D eigenvalue weighted by molar-refractivity contribution is 6.03. The van der Waals surface area contributed by atoms with Crippen molar-refractivity contribution in [1.29, 1.82) is 0 Å². The molecule has 1 amide bonds. The molecule has 2 N–H and O–H groups in total. The number of fused-ring (bicyclic) bond motifs is 1. The number of hydrogen-bond donors (Lipinski definition) is 2. The van der Waals surface area contributed by atoms with Gasteiger partial charge in [-0.3, -0.25) is 4.79 Å². The summed E-state index contributed by atoms with van der Waals surface area (Å²) in [6.07, 6.45) is 2.33. The average Bonchev–Trinajstić information content (AvgIpc) is 3.25. The summed E-state index contributed by atoms with van der Waals surface area (Å²) in [5.74, 6) is 0.678. The van der Waals surface area contributed by atoms with Crippen molar-refractivity contribution in [3.63, 3.8) is 0 Å². The van der Waals surface area contributed by atoms with Crippen molar-refractivity contribution in [1.82, 2.24) is 0 Å². The summed E-state index contributed by atoms with van der Waals surface area (Å²) in [5, 5.41) is 8.27. The minimum absolute atomic E-state index is 0.0953. The fraction of sp³-hybridized carbons (Fsp3) is 0.261. The molecule has 144 valence electrons. The molecule has 28 heavy (non-hydrogen) atoms. The van der Waals surface area contributed by atoms with Gasteiger partial charge >= 0.3 is 0 Å². The maximum Gasteiger partial charge on any atom is 0.243 e. The van der Waals surface area contributed by atoms with Crippen molar-refractivity contribution < 1.29 is 14.3 Å². The summed E-state index contributed by atoms with van der Waals surface area (Å²) in [6, 6.07) is 21.5. The third kappa shape index (κ3) is 4.61. The maximum atomic E-state index is 12.4. The average molecular weight is 376 g/mol. The van der Waals surface area contributed by atoms with E-state index in [2.05, 4.69) is 10.6 Å². The number of carbonyl (C=O) groups excluding carboxylic acids is 1. The van der Waals surface area contributed by atoms with Gasteiger partial charge in [0.25, 0.3) is 0 Å². The van der Waals surface area contributed by atoms with Crippen molar-refractivity contribution in [2.24, 2.45) is 0 Å². The lowest BCUT2D eigenvalue weighted by atomic mass is 10.1. The van der Waals surface area contributed by atoms with Gasteiger partial charge in [0.05, 0.1) is 12.6 Å². The molecule has 1 fully saturated rings. The zero-order valence-electron chi connectivity index (χ0n) is 15.7. The Bertz CT molecular complexity index is 946. The molecule has 0 saturated carbocycles. The molecule has 1 saturated heterocycles. The van der Waals surface area contributed by atoms with Crippen molar-refractivity contribution in [3.8, 4) is 5.75 Å². The van der Waals surface area contributed by atoms with E-state index in [1.165, 1.54) is 0 Å². The van der Waals surface area contributed by atoms with Crippen LogP contribution in [0.15, 0.2) is 66.7 Å². The van der Waals surface area contributed by atoms with Gasteiger partial charge in [0, 0.05) is 29.4 Å². The Morgan fingerprint density at radius 3 is 2.82 bits per heavy atom. The lowest BCUT2D eigenvalue weighted by Gasteiger charge is -2.13. The Kier molecular flexibility index (Phi) is 5.73. The van der Waals surface area contributed by atoms with Gasteiger partial charge in [0.1, 0.15) is 12.4 Å². The zero-order chi connectivity index (χ0) is 19.2. The summed E-state index contributed by atoms with van der Waals surface area (Å²) < 4.78 is 11.4. The molecule has 0 aliphatic carbocycles. The van der Waals surface area contributed by atoms with E-state index in [0.717, 1.165) is 47.3 Å². The standard InChI is InChI=1S/C23H24N2O3/c26-23(25-22-12-3-7-17-6-1-2-11-21(17)22)15-24-18-8-4-9-19(14-18)28-16-20-10-5-13-27-20/h1-4,6-9,11-12,14,20,24H,5,10,13,15-16H2,(H,25,26). The van der Waals surface area contributed by atoms with Crippen LogP contribution in [-0.4, -0.2) is 31.8 Å². The van der Waals surface area contributed by atoms with Crippen LogP contribution < -0.4 is 15.4 Å². The molecule has 5 heteroatoms. The van der Waals surface area contributed by atoms with Gasteiger partial charge < -0.3 is 20.1 Å². The van der Waals surface area contributed by atoms with Crippen molar-refractivity contribution >= 4 is 28.1 Å². The number of anilines is 2. The monoisotopic (exact) mass is 376 g/mol. The molecular formula is C23H24N2O3. The number of nitrogens with one attached hydrogen (secondary N) is 2. The quantitative estimate of drug-likeness (QED) is 0.640. The second-order valence-electron chi connectivity index (χ2n) is 6.90. The number of ether oxygens (including phenoxy) is 2. The van der Waals surface area contributed by atoms with Gasteiger partial charge in [0.15, 0.2) is 0 Å². The van der Waals surface area contributed by atoms with Crippen LogP contribution in [0.2, 0.25) is 0 Å². The van der Waals surface area contributed by atoms with Gasteiger partial charge in [-0.1, -0.05) is 42.5 Å². The number of amides is 1. The van der Waals surface area contributed by atoms with Gasteiger partial charge in [-0.15, -0.1) is 0 Å². The molecule has 0 bridgehead atoms. The van der Waals surface area contributed by atoms with Gasteiger partial charge in [-0.2, -0.15) is 0 Å². The summed E-state index contributed by atoms with van der Waals surface area (Å²) in [4.78, 5) is 12.4. The fourth-order valence-corrected chi connectivity index (χ4v) is 3.37. The van der Waals surface area contributed by atoms with Crippen LogP contribution in [0.25, 0.3) is 10.8 Å². The highest BCUT2D eigenvalue weighted by atomic mass is 16.5. The first-order valence-corrected chi connectivity index (χ1v) is 9.64. The molecule has 1 heterocycles. The first kappa shape index (κ1) is 18.3. The minimum atomic E-state index is -0.0953. The largest absolute Gasteiger partial charge is 0.491 e. The lowest BCUT2D eigenvalue weighted by Crippen LogP contribution is -2.22. The Hall–Kier alpha value is -3.05. The third-order valence-corrected chi connectivity index (χ3v) is 4.81. The molecular weight excluding hydrogens is 352 g/mol. The lowest BCUT2D eigenvalue weighted by molar-refractivity contribution is -0.114. The van der Waals surface area contributed by atoms with Crippen molar-refractivity contribution in [2.75, 3.05) is 30.4 Å². The SMILES string of the molecule is O=C(CNc1cccc(OCC2CCCO2)c1)Nc1cccc2ccccc12. The van der Waals surface area contributed by atoms with E-state index in [4.69, 9.17) is 9.47 Å². The first-order chi connectivity index (χ1) is 13.8. The predicted molar refractivity (Wildman–Crippen MR) is 112 cm³/mol. The summed E-state index contributed by atoms with van der Waals surface area (Å²) >= 11 is 0. The van der Waals surface area contributed by atoms with E-state index < -0.39 is 0 Å². The fourth-order valence-electron chi connectivity index (χ4n) is 3.37. The molecule has 1 unspecified atom stereocenters. The van der Waals surface area contributed by atoms with Crippen molar-refractivity contribution in [2.45, 2.75) is 18.9 Å². The van der Waals surface area contributed by atoms with E-state index in [-0.39, 0.29) is 18.6 Å². The topological polar surface area (TPSA) is 59.6 Å². The molecule has 1 aliphatic rings. The van der Waals surface area contributed by atoms with E-state index in [1.807, 2.05) is 66.7 Å². The van der Waals surface area contributed by atoms with Crippen LogP contribution in [0.1, 0.15) is 12.8 Å². The van der Waals surface area contributed by atoms with Gasteiger partial charge in [-0.05, 0) is 36.4 Å². The van der Waals surface area contributed by atoms with Crippen LogP contribution >= 0.6 is 0 Å². The van der Waals surface area contributed by atoms with Crippen LogP contribution in [0.4, 0.5) is 11.4 Å². The number of carbonyl (C=O) groups is 1. The van der Waals surface area contributed by atoms with E-state index in [9.17, 15) is 4.79 Å². The first-order valence-electron chi connectivity index (χ1n) is 9.64. The molecule has 1 aliphatic heterocycles. The molecule has 5 nitrogen and oxygen atoms in total. The van der Waals surface area contributed by atoms with Gasteiger partial charge in [-0.25, -0.2) is 0 Å². The summed E-state index contributed by atoms with van der Waals surface area (Å²) in [6.45, 7) is 1.56. The molecule has 3 aromatic rings. The van der Waals surface area contributed by atoms with Crippen LogP contribution in [0.5, 0.6) is 5.75 Å². The number of benzene rings is 3. The Morgan fingerprint density at radius 1 is 1.07 bits per heavy atom. The second-order valence-corrected chi connectivity index (χ2v) is 6.90. The second kappa shape index (κ2) is 8.76. The Balaban J connectivity index is 1.32. The highest BCUT2D eigenvalue weighted by Gasteiger charge is 2.16. The van der Waals surface area contributed by atoms with Crippen LogP contribution in [0.3, 0.4) is 0 Å². The van der Waals surface area contributed by atoms with Crippen LogP contribution in [0, 0.1) is 0 Å². The molecule has 4 rings (SSSR count). The van der Waals surface area contributed by atoms with Crippen molar-refractivity contribution in [3.05, 3.63) is 66.7 Å². The van der Waals surface area contributed by atoms with Gasteiger partial charge in [0.2, 0.25) is 5.91 Å². The smallest absolute Gasteiger partial charge is 0.243 e. The zero-order valence-corrected chi connectivity index (χ0v) is 15.7.